The highest BCUT2D eigenvalue weighted by Gasteiger charge is 2.14. The molecule has 0 aliphatic rings. The van der Waals surface area contributed by atoms with Crippen molar-refractivity contribution in [1.82, 2.24) is 15.1 Å². The summed E-state index contributed by atoms with van der Waals surface area (Å²) >= 11 is 1.65. The second-order valence-electron chi connectivity index (χ2n) is 5.48. The third kappa shape index (κ3) is 2.65. The summed E-state index contributed by atoms with van der Waals surface area (Å²) in [5.41, 5.74) is 2.97. The molecule has 6 heteroatoms. The number of hydrogen-bond acceptors (Lipinski definition) is 6. The highest BCUT2D eigenvalue weighted by atomic mass is 32.1. The van der Waals surface area contributed by atoms with E-state index in [9.17, 15) is 0 Å². The minimum Gasteiger partial charge on any atom is -0.469 e. The van der Waals surface area contributed by atoms with Gasteiger partial charge in [-0.1, -0.05) is 35.5 Å². The van der Waals surface area contributed by atoms with Crippen molar-refractivity contribution in [3.05, 3.63) is 58.9 Å². The Hall–Kier alpha value is -2.73. The molecule has 0 bridgehead atoms. The fraction of sp³-hybridized carbons (Fsp3) is 0.167. The number of fused-ring (bicyclic) bond motifs is 1. The largest absolute Gasteiger partial charge is 0.469 e. The van der Waals surface area contributed by atoms with E-state index in [1.807, 2.05) is 36.4 Å². The molecular weight excluding hydrogens is 322 g/mol. The van der Waals surface area contributed by atoms with E-state index in [1.165, 1.54) is 11.2 Å². The van der Waals surface area contributed by atoms with E-state index < -0.39 is 0 Å². The van der Waals surface area contributed by atoms with Crippen molar-refractivity contribution >= 4 is 21.6 Å². The minimum absolute atomic E-state index is 0.278. The Balaban J connectivity index is 1.57. The van der Waals surface area contributed by atoms with Gasteiger partial charge in [-0.2, -0.15) is 0 Å². The van der Waals surface area contributed by atoms with Crippen molar-refractivity contribution in [3.8, 4) is 17.1 Å². The lowest BCUT2D eigenvalue weighted by atomic mass is 10.1. The first-order chi connectivity index (χ1) is 11.7. The number of aromatic nitrogens is 3. The van der Waals surface area contributed by atoms with Gasteiger partial charge in [0.05, 0.1) is 5.39 Å². The fourth-order valence-corrected chi connectivity index (χ4v) is 3.51. The molecule has 0 unspecified atom stereocenters. The van der Waals surface area contributed by atoms with E-state index in [4.69, 9.17) is 9.26 Å². The van der Waals surface area contributed by atoms with Crippen LogP contribution in [0.3, 0.4) is 0 Å². The van der Waals surface area contributed by atoms with Gasteiger partial charge >= 0.3 is 0 Å². The Morgan fingerprint density at radius 2 is 1.96 bits per heavy atom. The third-order valence-electron chi connectivity index (χ3n) is 3.91. The summed E-state index contributed by atoms with van der Waals surface area (Å²) in [6.45, 7) is 4.42. The molecule has 0 spiro atoms. The number of rotatable bonds is 4. The average molecular weight is 337 g/mol. The quantitative estimate of drug-likeness (QED) is 0.547. The summed E-state index contributed by atoms with van der Waals surface area (Å²) < 4.78 is 11.2. The van der Waals surface area contributed by atoms with Gasteiger partial charge < -0.3 is 9.26 Å². The molecule has 0 fully saturated rings. The number of thiophene rings is 1. The maximum atomic E-state index is 5.87. The van der Waals surface area contributed by atoms with Gasteiger partial charge in [-0.25, -0.2) is 9.97 Å². The van der Waals surface area contributed by atoms with Gasteiger partial charge in [0, 0.05) is 16.5 Å². The first kappa shape index (κ1) is 14.8. The number of aryl methyl sites for hydroxylation is 2. The topological polar surface area (TPSA) is 61.0 Å². The molecule has 1 aromatic carbocycles. The van der Waals surface area contributed by atoms with Gasteiger partial charge in [-0.15, -0.1) is 11.3 Å². The van der Waals surface area contributed by atoms with Crippen LogP contribution in [0.25, 0.3) is 21.5 Å². The average Bonchev–Trinajstić information content (AvgIpc) is 3.19. The van der Waals surface area contributed by atoms with E-state index in [0.29, 0.717) is 11.6 Å². The zero-order chi connectivity index (χ0) is 16.5. The summed E-state index contributed by atoms with van der Waals surface area (Å²) in [5.74, 6) is 1.24. The maximum Gasteiger partial charge on any atom is 0.226 e. The highest BCUT2D eigenvalue weighted by molar-refractivity contribution is 7.18. The van der Waals surface area contributed by atoms with Crippen molar-refractivity contribution in [1.29, 1.82) is 0 Å². The Labute approximate surface area is 142 Å². The maximum absolute atomic E-state index is 5.87. The molecular formula is C18H15N3O2S. The standard InChI is InChI=1S/C18H15N3O2S/c1-11-12(2)24-18-16(11)17(19-10-20-18)22-9-14-8-15(21-23-14)13-6-4-3-5-7-13/h3-8,10H,9H2,1-2H3. The molecule has 5 nitrogen and oxygen atoms in total. The molecule has 4 rings (SSSR count). The SMILES string of the molecule is Cc1sc2ncnc(OCc3cc(-c4ccccc4)no3)c2c1C. The van der Waals surface area contributed by atoms with Crippen LogP contribution >= 0.6 is 11.3 Å². The molecule has 0 saturated carbocycles. The fourth-order valence-electron chi connectivity index (χ4n) is 2.52. The molecule has 24 heavy (non-hydrogen) atoms. The third-order valence-corrected chi connectivity index (χ3v) is 5.03. The molecule has 0 aliphatic heterocycles. The number of ether oxygens (including phenoxy) is 1. The number of nitrogens with zero attached hydrogens (tertiary/aromatic N) is 3. The molecule has 120 valence electrons. The molecule has 0 aliphatic carbocycles. The van der Waals surface area contributed by atoms with Crippen LogP contribution in [0.2, 0.25) is 0 Å². The van der Waals surface area contributed by atoms with Crippen LogP contribution in [0.5, 0.6) is 5.88 Å². The van der Waals surface area contributed by atoms with Crippen LogP contribution < -0.4 is 4.74 Å². The lowest BCUT2D eigenvalue weighted by Crippen LogP contribution is -1.97. The zero-order valence-corrected chi connectivity index (χ0v) is 14.1. The first-order valence-corrected chi connectivity index (χ1v) is 8.38. The van der Waals surface area contributed by atoms with Gasteiger partial charge in [-0.05, 0) is 19.4 Å². The zero-order valence-electron chi connectivity index (χ0n) is 13.3. The molecule has 0 atom stereocenters. The van der Waals surface area contributed by atoms with Gasteiger partial charge in [0.1, 0.15) is 16.9 Å². The molecule has 3 aromatic heterocycles. The van der Waals surface area contributed by atoms with Gasteiger partial charge in [0.25, 0.3) is 0 Å². The summed E-state index contributed by atoms with van der Waals surface area (Å²) in [7, 11) is 0. The lowest BCUT2D eigenvalue weighted by molar-refractivity contribution is 0.244. The second-order valence-corrected chi connectivity index (χ2v) is 6.68. The smallest absolute Gasteiger partial charge is 0.226 e. The number of hydrogen-bond donors (Lipinski definition) is 0. The molecule has 4 aromatic rings. The second kappa shape index (κ2) is 6.05. The summed E-state index contributed by atoms with van der Waals surface area (Å²) in [6.07, 6.45) is 1.53. The van der Waals surface area contributed by atoms with Crippen molar-refractivity contribution in [2.45, 2.75) is 20.5 Å². The number of benzene rings is 1. The van der Waals surface area contributed by atoms with Gasteiger partial charge in [0.15, 0.2) is 12.4 Å². The minimum atomic E-state index is 0.278. The van der Waals surface area contributed by atoms with Crippen LogP contribution in [0, 0.1) is 13.8 Å². The molecule has 0 amide bonds. The van der Waals surface area contributed by atoms with Crippen LogP contribution in [0.4, 0.5) is 0 Å². The monoisotopic (exact) mass is 337 g/mol. The van der Waals surface area contributed by atoms with E-state index >= 15 is 0 Å². The summed E-state index contributed by atoms with van der Waals surface area (Å²) in [6, 6.07) is 11.8. The van der Waals surface area contributed by atoms with Gasteiger partial charge in [-0.3, -0.25) is 0 Å². The van der Waals surface area contributed by atoms with Crippen molar-refractivity contribution in [3.63, 3.8) is 0 Å². The Kier molecular flexibility index (Phi) is 3.74. The van der Waals surface area contributed by atoms with Crippen LogP contribution in [0.1, 0.15) is 16.2 Å². The predicted molar refractivity (Wildman–Crippen MR) is 93.2 cm³/mol. The Bertz CT molecular complexity index is 992. The van der Waals surface area contributed by atoms with Crippen LogP contribution in [0.15, 0.2) is 47.2 Å². The molecule has 0 radical (unpaired) electrons. The summed E-state index contributed by atoms with van der Waals surface area (Å²) in [4.78, 5) is 10.8. The predicted octanol–water partition coefficient (Wildman–Crippen LogP) is 4.54. The molecule has 0 saturated heterocycles. The summed E-state index contributed by atoms with van der Waals surface area (Å²) in [5, 5.41) is 5.07. The van der Waals surface area contributed by atoms with Gasteiger partial charge in [0.2, 0.25) is 5.88 Å². The van der Waals surface area contributed by atoms with E-state index in [1.54, 1.807) is 11.3 Å². The van der Waals surface area contributed by atoms with Crippen molar-refractivity contribution in [2.24, 2.45) is 0 Å². The lowest BCUT2D eigenvalue weighted by Gasteiger charge is -2.04. The van der Waals surface area contributed by atoms with Crippen molar-refractivity contribution < 1.29 is 9.26 Å². The van der Waals surface area contributed by atoms with Crippen LogP contribution in [-0.4, -0.2) is 15.1 Å². The van der Waals surface area contributed by atoms with E-state index in [0.717, 1.165) is 27.0 Å². The van der Waals surface area contributed by atoms with Crippen molar-refractivity contribution in [2.75, 3.05) is 0 Å². The van der Waals surface area contributed by atoms with E-state index in [-0.39, 0.29) is 6.61 Å². The Morgan fingerprint density at radius 3 is 2.79 bits per heavy atom. The Morgan fingerprint density at radius 1 is 1.12 bits per heavy atom. The van der Waals surface area contributed by atoms with Crippen LogP contribution in [-0.2, 0) is 6.61 Å². The first-order valence-electron chi connectivity index (χ1n) is 7.57. The molecule has 0 N–H and O–H groups in total. The normalized spacial score (nSPS) is 11.1. The highest BCUT2D eigenvalue weighted by Crippen LogP contribution is 2.34. The molecule has 3 heterocycles. The van der Waals surface area contributed by atoms with E-state index in [2.05, 4.69) is 29.0 Å².